The molecule has 4 aliphatic rings. The molecule has 5 rings (SSSR count). The summed E-state index contributed by atoms with van der Waals surface area (Å²) in [5.74, 6) is 3.40. The molecule has 4 aliphatic carbocycles. The Kier molecular flexibility index (Phi) is 5.49. The van der Waals surface area contributed by atoms with Crippen LogP contribution in [0.2, 0.25) is 0 Å². The van der Waals surface area contributed by atoms with E-state index in [0.29, 0.717) is 35.2 Å². The molecule has 0 aliphatic heterocycles. The van der Waals surface area contributed by atoms with Crippen molar-refractivity contribution >= 4 is 5.78 Å². The molecular formula is C26H37N3O3. The largest absolute Gasteiger partial charge is 0.390 e. The van der Waals surface area contributed by atoms with E-state index in [2.05, 4.69) is 18.1 Å². The zero-order valence-electron chi connectivity index (χ0n) is 19.7. The second-order valence-electron chi connectivity index (χ2n) is 11.7. The van der Waals surface area contributed by atoms with E-state index >= 15 is 0 Å². The molecule has 0 bridgehead atoms. The van der Waals surface area contributed by atoms with Crippen LogP contribution in [0.25, 0.3) is 0 Å². The number of methoxy groups -OCH3 is 1. The van der Waals surface area contributed by atoms with Crippen LogP contribution in [0.3, 0.4) is 0 Å². The van der Waals surface area contributed by atoms with Crippen LogP contribution in [0.15, 0.2) is 12.4 Å². The van der Waals surface area contributed by atoms with Crippen LogP contribution in [0, 0.1) is 52.3 Å². The van der Waals surface area contributed by atoms with Gasteiger partial charge in [0.25, 0.3) is 0 Å². The molecule has 0 saturated heterocycles. The van der Waals surface area contributed by atoms with Crippen LogP contribution in [-0.4, -0.2) is 39.5 Å². The summed E-state index contributed by atoms with van der Waals surface area (Å²) in [4.78, 5) is 13.3. The molecule has 1 heterocycles. The number of nitriles is 1. The smallest absolute Gasteiger partial charge is 0.157 e. The van der Waals surface area contributed by atoms with Crippen molar-refractivity contribution in [3.05, 3.63) is 18.0 Å². The van der Waals surface area contributed by atoms with Crippen molar-refractivity contribution in [1.82, 2.24) is 9.78 Å². The second-order valence-corrected chi connectivity index (χ2v) is 11.7. The third-order valence-corrected chi connectivity index (χ3v) is 9.95. The first kappa shape index (κ1) is 22.1. The maximum Gasteiger partial charge on any atom is 0.157 e. The van der Waals surface area contributed by atoms with Crippen LogP contribution in [0.5, 0.6) is 0 Å². The number of hydrogen-bond acceptors (Lipinski definition) is 5. The van der Waals surface area contributed by atoms with Gasteiger partial charge in [0.1, 0.15) is 6.07 Å². The van der Waals surface area contributed by atoms with E-state index in [9.17, 15) is 9.90 Å². The summed E-state index contributed by atoms with van der Waals surface area (Å²) in [6, 6.07) is 2.09. The summed E-state index contributed by atoms with van der Waals surface area (Å²) in [5.41, 5.74) is -0.0376. The maximum atomic E-state index is 13.3. The number of nitrogens with zero attached hydrogens (tertiary/aromatic N) is 3. The summed E-state index contributed by atoms with van der Waals surface area (Å²) < 4.78 is 7.60. The summed E-state index contributed by atoms with van der Waals surface area (Å²) >= 11 is 0. The molecule has 1 aromatic heterocycles. The van der Waals surface area contributed by atoms with Gasteiger partial charge in [0.15, 0.2) is 5.78 Å². The number of carbonyl (C=O) groups excluding carboxylic acids is 1. The normalized spacial score (nSPS) is 45.4. The zero-order valence-corrected chi connectivity index (χ0v) is 19.7. The number of ketones is 1. The SMILES string of the molecule is COC1C[C@@](C)(O)C[C@H]2CC[C@@H]3[C@H](CC[C@]4(C)[C@@H](C(=O)Cn5cc(C#N)cn5)CC[C@@H]34)[C@@H]12. The lowest BCUT2D eigenvalue weighted by Crippen LogP contribution is -2.55. The Balaban J connectivity index is 1.33. The highest BCUT2D eigenvalue weighted by Gasteiger charge is 2.60. The van der Waals surface area contributed by atoms with Gasteiger partial charge in [-0.15, -0.1) is 0 Å². The lowest BCUT2D eigenvalue weighted by Gasteiger charge is -2.58. The molecule has 6 heteroatoms. The Morgan fingerprint density at radius 1 is 1.25 bits per heavy atom. The van der Waals surface area contributed by atoms with Crippen LogP contribution in [0.1, 0.15) is 70.8 Å². The van der Waals surface area contributed by atoms with Crippen molar-refractivity contribution in [2.24, 2.45) is 40.9 Å². The number of carbonyl (C=O) groups is 1. The molecule has 0 amide bonds. The number of rotatable bonds is 4. The number of aromatic nitrogens is 2. The first-order chi connectivity index (χ1) is 15.3. The standard InChI is InChI=1S/C26H37N3O3/c1-25(31)10-17-4-5-18-19(24(17)23(11-25)32-3)8-9-26(2)20(18)6-7-21(26)22(30)15-29-14-16(12-27)13-28-29/h13-14,17-21,23-24,31H,4-11,15H2,1-3H3/t17-,18-,19+,20+,21-,23?,24+,25+,26+/m1/s1. The lowest BCUT2D eigenvalue weighted by molar-refractivity contribution is -0.160. The topological polar surface area (TPSA) is 88.1 Å². The highest BCUT2D eigenvalue weighted by molar-refractivity contribution is 5.82. The van der Waals surface area contributed by atoms with Crippen molar-refractivity contribution in [3.63, 3.8) is 0 Å². The molecule has 4 saturated carbocycles. The molecule has 4 fully saturated rings. The van der Waals surface area contributed by atoms with Crippen LogP contribution >= 0.6 is 0 Å². The van der Waals surface area contributed by atoms with E-state index < -0.39 is 5.60 Å². The van der Waals surface area contributed by atoms with Gasteiger partial charge < -0.3 is 9.84 Å². The highest BCUT2D eigenvalue weighted by atomic mass is 16.5. The summed E-state index contributed by atoms with van der Waals surface area (Å²) in [5, 5.41) is 24.0. The van der Waals surface area contributed by atoms with E-state index in [1.807, 2.05) is 14.0 Å². The van der Waals surface area contributed by atoms with Crippen molar-refractivity contribution < 1.29 is 14.6 Å². The molecule has 0 spiro atoms. The van der Waals surface area contributed by atoms with Gasteiger partial charge >= 0.3 is 0 Å². The Morgan fingerprint density at radius 3 is 2.78 bits per heavy atom. The van der Waals surface area contributed by atoms with E-state index in [0.717, 1.165) is 32.1 Å². The van der Waals surface area contributed by atoms with Gasteiger partial charge in [-0.05, 0) is 86.9 Å². The minimum absolute atomic E-state index is 0.0685. The van der Waals surface area contributed by atoms with Gasteiger partial charge in [-0.2, -0.15) is 10.4 Å². The molecule has 174 valence electrons. The third kappa shape index (κ3) is 3.53. The van der Waals surface area contributed by atoms with E-state index in [-0.39, 0.29) is 29.8 Å². The predicted molar refractivity (Wildman–Crippen MR) is 119 cm³/mol. The monoisotopic (exact) mass is 439 g/mol. The zero-order chi connectivity index (χ0) is 22.7. The van der Waals surface area contributed by atoms with Crippen LogP contribution in [0.4, 0.5) is 0 Å². The van der Waals surface area contributed by atoms with Gasteiger partial charge in [-0.1, -0.05) is 6.92 Å². The molecule has 1 aromatic rings. The van der Waals surface area contributed by atoms with Gasteiger partial charge in [0.2, 0.25) is 0 Å². The number of aliphatic hydroxyl groups is 1. The maximum absolute atomic E-state index is 13.3. The van der Waals surface area contributed by atoms with Crippen molar-refractivity contribution in [2.45, 2.75) is 83.5 Å². The summed E-state index contributed by atoms with van der Waals surface area (Å²) in [6.07, 6.45) is 11.8. The first-order valence-corrected chi connectivity index (χ1v) is 12.5. The molecule has 0 radical (unpaired) electrons. The minimum atomic E-state index is -0.610. The molecule has 9 atom stereocenters. The average Bonchev–Trinajstić information content (AvgIpc) is 3.35. The molecule has 0 aromatic carbocycles. The molecule has 1 unspecified atom stereocenters. The Morgan fingerprint density at radius 2 is 2.06 bits per heavy atom. The highest BCUT2D eigenvalue weighted by Crippen LogP contribution is 2.64. The quantitative estimate of drug-likeness (QED) is 0.767. The van der Waals surface area contributed by atoms with Crippen molar-refractivity contribution in [3.8, 4) is 6.07 Å². The van der Waals surface area contributed by atoms with Gasteiger partial charge in [0, 0.05) is 25.6 Å². The number of hydrogen-bond donors (Lipinski definition) is 1. The molecule has 32 heavy (non-hydrogen) atoms. The predicted octanol–water partition coefficient (Wildman–Crippen LogP) is 3.97. The third-order valence-electron chi connectivity index (χ3n) is 9.95. The molecule has 6 nitrogen and oxygen atoms in total. The number of Topliss-reactive ketones (excluding diaryl/α,β-unsaturated/α-hetero) is 1. The van der Waals surface area contributed by atoms with E-state index in [1.165, 1.54) is 25.5 Å². The minimum Gasteiger partial charge on any atom is -0.390 e. The van der Waals surface area contributed by atoms with Crippen molar-refractivity contribution in [1.29, 1.82) is 5.26 Å². The van der Waals surface area contributed by atoms with Crippen LogP contribution in [-0.2, 0) is 16.1 Å². The van der Waals surface area contributed by atoms with Gasteiger partial charge in [0.05, 0.1) is 30.0 Å². The van der Waals surface area contributed by atoms with E-state index in [4.69, 9.17) is 10.00 Å². The first-order valence-electron chi connectivity index (χ1n) is 12.5. The van der Waals surface area contributed by atoms with Crippen molar-refractivity contribution in [2.75, 3.05) is 7.11 Å². The van der Waals surface area contributed by atoms with E-state index in [1.54, 1.807) is 10.9 Å². The average molecular weight is 440 g/mol. The fraction of sp³-hybridized carbons (Fsp3) is 0.808. The molecule has 1 N–H and O–H groups in total. The summed E-state index contributed by atoms with van der Waals surface area (Å²) in [6.45, 7) is 4.62. The Labute approximate surface area is 191 Å². The Bertz CT molecular complexity index is 908. The fourth-order valence-corrected chi connectivity index (χ4v) is 8.74. The van der Waals surface area contributed by atoms with Gasteiger partial charge in [-0.25, -0.2) is 0 Å². The second kappa shape index (κ2) is 7.95. The Hall–Kier alpha value is -1.71. The number of fused-ring (bicyclic) bond motifs is 5. The number of ether oxygens (including phenoxy) is 1. The van der Waals surface area contributed by atoms with Crippen LogP contribution < -0.4 is 0 Å². The fourth-order valence-electron chi connectivity index (χ4n) is 8.74. The summed E-state index contributed by atoms with van der Waals surface area (Å²) in [7, 11) is 1.82. The lowest BCUT2D eigenvalue weighted by atomic mass is 9.48. The molecular weight excluding hydrogens is 402 g/mol. The van der Waals surface area contributed by atoms with Gasteiger partial charge in [-0.3, -0.25) is 9.48 Å².